The Balaban J connectivity index is 2.05. The molecule has 0 bridgehead atoms. The van der Waals surface area contributed by atoms with Gasteiger partial charge < -0.3 is 9.64 Å². The standard InChI is InChI=1S/C28H36N2O3/c1-20(2)13-15-29(16-14-21(3)4)27(31)19-30-26-18-24(33-5)12-11-23(26)17-25(28(30)32)22-9-7-6-8-10-22/h6-12,17-18,20-21H,13-16,19H2,1-5H3. The summed E-state index contributed by atoms with van der Waals surface area (Å²) in [5, 5.41) is 0.901. The molecule has 176 valence electrons. The molecule has 33 heavy (non-hydrogen) atoms. The van der Waals surface area contributed by atoms with Gasteiger partial charge in [0.05, 0.1) is 12.6 Å². The number of fused-ring (bicyclic) bond motifs is 1. The quantitative estimate of drug-likeness (QED) is 0.406. The van der Waals surface area contributed by atoms with Gasteiger partial charge in [0.2, 0.25) is 5.91 Å². The number of rotatable bonds is 10. The Hall–Kier alpha value is -3.08. The minimum absolute atomic E-state index is 0.0133. The number of benzene rings is 2. The summed E-state index contributed by atoms with van der Waals surface area (Å²) >= 11 is 0. The van der Waals surface area contributed by atoms with Crippen LogP contribution in [-0.2, 0) is 11.3 Å². The van der Waals surface area contributed by atoms with Crippen molar-refractivity contribution in [2.45, 2.75) is 47.1 Å². The highest BCUT2D eigenvalue weighted by Gasteiger charge is 2.19. The van der Waals surface area contributed by atoms with Crippen LogP contribution < -0.4 is 10.3 Å². The van der Waals surface area contributed by atoms with Crippen molar-refractivity contribution < 1.29 is 9.53 Å². The molecule has 3 rings (SSSR count). The fourth-order valence-corrected chi connectivity index (χ4v) is 3.88. The molecule has 0 radical (unpaired) electrons. The molecular weight excluding hydrogens is 412 g/mol. The Bertz CT molecular complexity index is 1120. The SMILES string of the molecule is COc1ccc2cc(-c3ccccc3)c(=O)n(CC(=O)N(CCC(C)C)CCC(C)C)c2c1. The molecule has 0 aliphatic heterocycles. The minimum Gasteiger partial charge on any atom is -0.497 e. The van der Waals surface area contributed by atoms with E-state index in [4.69, 9.17) is 4.74 Å². The Morgan fingerprint density at radius 3 is 2.15 bits per heavy atom. The van der Waals surface area contributed by atoms with Crippen LogP contribution in [0, 0.1) is 11.8 Å². The van der Waals surface area contributed by atoms with E-state index >= 15 is 0 Å². The Labute approximate surface area is 197 Å². The Morgan fingerprint density at radius 1 is 0.939 bits per heavy atom. The van der Waals surface area contributed by atoms with Gasteiger partial charge in [0.25, 0.3) is 5.56 Å². The molecule has 0 aliphatic carbocycles. The first-order valence-electron chi connectivity index (χ1n) is 11.8. The van der Waals surface area contributed by atoms with Crippen molar-refractivity contribution in [3.63, 3.8) is 0 Å². The second-order valence-corrected chi connectivity index (χ2v) is 9.49. The van der Waals surface area contributed by atoms with E-state index in [0.29, 0.717) is 41.8 Å². The smallest absolute Gasteiger partial charge is 0.259 e. The molecule has 1 heterocycles. The van der Waals surface area contributed by atoms with Crippen molar-refractivity contribution in [3.8, 4) is 16.9 Å². The van der Waals surface area contributed by atoms with Crippen molar-refractivity contribution >= 4 is 16.8 Å². The molecule has 1 amide bonds. The van der Waals surface area contributed by atoms with E-state index in [1.54, 1.807) is 11.7 Å². The van der Waals surface area contributed by atoms with Crippen LogP contribution in [0.4, 0.5) is 0 Å². The molecule has 0 aliphatic rings. The molecule has 0 spiro atoms. The predicted molar refractivity (Wildman–Crippen MR) is 136 cm³/mol. The lowest BCUT2D eigenvalue weighted by Gasteiger charge is -2.25. The number of carbonyl (C=O) groups is 1. The zero-order valence-corrected chi connectivity index (χ0v) is 20.5. The monoisotopic (exact) mass is 448 g/mol. The third kappa shape index (κ3) is 6.25. The van der Waals surface area contributed by atoms with E-state index in [-0.39, 0.29) is 18.0 Å². The van der Waals surface area contributed by atoms with Gasteiger partial charge >= 0.3 is 0 Å². The molecule has 0 saturated carbocycles. The number of amides is 1. The number of hydrogen-bond acceptors (Lipinski definition) is 3. The van der Waals surface area contributed by atoms with Crippen molar-refractivity contribution in [3.05, 3.63) is 65.0 Å². The number of ether oxygens (including phenoxy) is 1. The van der Waals surface area contributed by atoms with Crippen LogP contribution in [0.3, 0.4) is 0 Å². The molecule has 5 nitrogen and oxygen atoms in total. The zero-order valence-electron chi connectivity index (χ0n) is 20.5. The van der Waals surface area contributed by atoms with E-state index < -0.39 is 0 Å². The molecule has 0 saturated heterocycles. The first-order chi connectivity index (χ1) is 15.8. The van der Waals surface area contributed by atoms with Crippen molar-refractivity contribution in [2.24, 2.45) is 11.8 Å². The van der Waals surface area contributed by atoms with Gasteiger partial charge in [-0.05, 0) is 53.8 Å². The average Bonchev–Trinajstić information content (AvgIpc) is 2.80. The molecule has 2 aromatic carbocycles. The number of hydrogen-bond donors (Lipinski definition) is 0. The van der Waals surface area contributed by atoms with E-state index in [0.717, 1.165) is 23.8 Å². The molecule has 0 fully saturated rings. The number of carbonyl (C=O) groups excluding carboxylic acids is 1. The number of nitrogens with zero attached hydrogens (tertiary/aromatic N) is 2. The second-order valence-electron chi connectivity index (χ2n) is 9.49. The molecular formula is C28H36N2O3. The highest BCUT2D eigenvalue weighted by atomic mass is 16.5. The lowest BCUT2D eigenvalue weighted by atomic mass is 10.0. The summed E-state index contributed by atoms with van der Waals surface area (Å²) in [6, 6.07) is 17.2. The zero-order chi connectivity index (χ0) is 24.0. The van der Waals surface area contributed by atoms with E-state index in [2.05, 4.69) is 27.7 Å². The number of aromatic nitrogens is 1. The topological polar surface area (TPSA) is 51.5 Å². The summed E-state index contributed by atoms with van der Waals surface area (Å²) < 4.78 is 7.01. The molecule has 0 unspecified atom stereocenters. The van der Waals surface area contributed by atoms with Crippen LogP contribution in [-0.4, -0.2) is 35.6 Å². The second kappa shape index (κ2) is 11.2. The van der Waals surface area contributed by atoms with Gasteiger partial charge in [0.15, 0.2) is 0 Å². The van der Waals surface area contributed by atoms with Crippen LogP contribution >= 0.6 is 0 Å². The van der Waals surface area contributed by atoms with Crippen molar-refractivity contribution in [1.82, 2.24) is 9.47 Å². The van der Waals surface area contributed by atoms with Gasteiger partial charge in [-0.3, -0.25) is 14.2 Å². The fraction of sp³-hybridized carbons (Fsp3) is 0.429. The number of pyridine rings is 1. The predicted octanol–water partition coefficient (Wildman–Crippen LogP) is 5.60. The fourth-order valence-electron chi connectivity index (χ4n) is 3.88. The summed E-state index contributed by atoms with van der Waals surface area (Å²) in [4.78, 5) is 29.0. The third-order valence-electron chi connectivity index (χ3n) is 5.99. The molecule has 3 aromatic rings. The maximum Gasteiger partial charge on any atom is 0.259 e. The van der Waals surface area contributed by atoms with Gasteiger partial charge in [-0.1, -0.05) is 58.0 Å². The summed E-state index contributed by atoms with van der Waals surface area (Å²) in [5.41, 5.74) is 1.98. The Kier molecular flexibility index (Phi) is 8.32. The maximum absolute atomic E-state index is 13.6. The first-order valence-corrected chi connectivity index (χ1v) is 11.8. The molecule has 0 atom stereocenters. The first kappa shape index (κ1) is 24.6. The Morgan fingerprint density at radius 2 is 1.58 bits per heavy atom. The summed E-state index contributed by atoms with van der Waals surface area (Å²) in [6.45, 7) is 10.1. The number of methoxy groups -OCH3 is 1. The third-order valence-corrected chi connectivity index (χ3v) is 5.99. The van der Waals surface area contributed by atoms with E-state index in [9.17, 15) is 9.59 Å². The molecule has 0 N–H and O–H groups in total. The van der Waals surface area contributed by atoms with E-state index in [1.807, 2.05) is 59.5 Å². The maximum atomic E-state index is 13.6. The lowest BCUT2D eigenvalue weighted by Crippen LogP contribution is -2.38. The van der Waals surface area contributed by atoms with Crippen LogP contribution in [0.5, 0.6) is 5.75 Å². The average molecular weight is 449 g/mol. The van der Waals surface area contributed by atoms with E-state index in [1.165, 1.54) is 0 Å². The van der Waals surface area contributed by atoms with Crippen LogP contribution in [0.15, 0.2) is 59.4 Å². The van der Waals surface area contributed by atoms with Gasteiger partial charge in [0, 0.05) is 24.7 Å². The highest BCUT2D eigenvalue weighted by molar-refractivity contribution is 5.87. The van der Waals surface area contributed by atoms with Crippen molar-refractivity contribution in [1.29, 1.82) is 0 Å². The highest BCUT2D eigenvalue weighted by Crippen LogP contribution is 2.25. The van der Waals surface area contributed by atoms with Crippen LogP contribution in [0.1, 0.15) is 40.5 Å². The summed E-state index contributed by atoms with van der Waals surface area (Å²) in [6.07, 6.45) is 1.88. The normalized spacial score (nSPS) is 11.4. The minimum atomic E-state index is -0.164. The summed E-state index contributed by atoms with van der Waals surface area (Å²) in [7, 11) is 1.60. The van der Waals surface area contributed by atoms with Crippen LogP contribution in [0.2, 0.25) is 0 Å². The van der Waals surface area contributed by atoms with Gasteiger partial charge in [-0.15, -0.1) is 0 Å². The van der Waals surface area contributed by atoms with Crippen molar-refractivity contribution in [2.75, 3.05) is 20.2 Å². The van der Waals surface area contributed by atoms with Gasteiger partial charge in [-0.2, -0.15) is 0 Å². The largest absolute Gasteiger partial charge is 0.497 e. The lowest BCUT2D eigenvalue weighted by molar-refractivity contribution is -0.132. The molecule has 1 aromatic heterocycles. The summed E-state index contributed by atoms with van der Waals surface area (Å²) in [5.74, 6) is 1.65. The molecule has 5 heteroatoms. The van der Waals surface area contributed by atoms with Gasteiger partial charge in [-0.25, -0.2) is 0 Å². The van der Waals surface area contributed by atoms with Crippen LogP contribution in [0.25, 0.3) is 22.0 Å². The van der Waals surface area contributed by atoms with Gasteiger partial charge in [0.1, 0.15) is 12.3 Å².